The monoisotopic (exact) mass is 553 g/mol. The Balaban J connectivity index is 1.50. The molecule has 1 fully saturated rings. The lowest BCUT2D eigenvalue weighted by atomic mass is 10.0. The second kappa shape index (κ2) is 10.6. The standard InChI is InChI=1S/C27H26F3N7O3/c1-15-4-5-18(13-20(15)22-25(39)36(3)23-21(34-22)14-32-26(31-2)35-23)33-24(38)16-10-17(27(28,29)30)12-19(11-16)37-6-8-40-9-7-37/h4-5,10-14H,6-9H2,1-3H3,(H,33,38)(H,31,32,35). The van der Waals surface area contributed by atoms with Gasteiger partial charge in [0.05, 0.1) is 25.0 Å². The first kappa shape index (κ1) is 27.1. The van der Waals surface area contributed by atoms with E-state index < -0.39 is 23.2 Å². The Morgan fingerprint density at radius 1 is 1.07 bits per heavy atom. The summed E-state index contributed by atoms with van der Waals surface area (Å²) in [5, 5.41) is 5.49. The van der Waals surface area contributed by atoms with Gasteiger partial charge in [-0.25, -0.2) is 9.97 Å². The molecule has 1 aliphatic heterocycles. The Morgan fingerprint density at radius 2 is 1.82 bits per heavy atom. The van der Waals surface area contributed by atoms with Gasteiger partial charge in [-0.1, -0.05) is 6.07 Å². The van der Waals surface area contributed by atoms with Crippen LogP contribution < -0.4 is 21.1 Å². The van der Waals surface area contributed by atoms with E-state index in [-0.39, 0.29) is 11.3 Å². The smallest absolute Gasteiger partial charge is 0.378 e. The number of rotatable bonds is 5. The van der Waals surface area contributed by atoms with Crippen LogP contribution in [0.4, 0.5) is 30.5 Å². The van der Waals surface area contributed by atoms with Crippen LogP contribution >= 0.6 is 0 Å². The predicted molar refractivity (Wildman–Crippen MR) is 145 cm³/mol. The van der Waals surface area contributed by atoms with Crippen LogP contribution in [0.3, 0.4) is 0 Å². The van der Waals surface area contributed by atoms with Crippen LogP contribution in [0.25, 0.3) is 22.4 Å². The number of nitrogens with zero attached hydrogens (tertiary/aromatic N) is 5. The number of aryl methyl sites for hydroxylation is 2. The van der Waals surface area contributed by atoms with Crippen molar-refractivity contribution in [3.05, 3.63) is 69.6 Å². The van der Waals surface area contributed by atoms with Crippen LogP contribution in [0.1, 0.15) is 21.5 Å². The molecule has 10 nitrogen and oxygen atoms in total. The number of fused-ring (bicyclic) bond motifs is 1. The number of ether oxygens (including phenoxy) is 1. The molecule has 1 amide bonds. The quantitative estimate of drug-likeness (QED) is 0.383. The van der Waals surface area contributed by atoms with Crippen LogP contribution in [0.5, 0.6) is 0 Å². The zero-order chi connectivity index (χ0) is 28.6. The number of benzene rings is 2. The van der Waals surface area contributed by atoms with Crippen molar-refractivity contribution in [2.45, 2.75) is 13.1 Å². The van der Waals surface area contributed by atoms with Crippen LogP contribution in [-0.2, 0) is 18.0 Å². The predicted octanol–water partition coefficient (Wildman–Crippen LogP) is 3.85. The average molecular weight is 554 g/mol. The number of carbonyl (C=O) groups is 1. The highest BCUT2D eigenvalue weighted by atomic mass is 19.4. The summed E-state index contributed by atoms with van der Waals surface area (Å²) >= 11 is 0. The molecule has 0 aliphatic carbocycles. The first-order chi connectivity index (χ1) is 19.0. The average Bonchev–Trinajstić information content (AvgIpc) is 2.95. The molecular formula is C27H26F3N7O3. The number of anilines is 3. The maximum absolute atomic E-state index is 13.7. The number of amides is 1. The van der Waals surface area contributed by atoms with Gasteiger partial charge in [-0.2, -0.15) is 18.2 Å². The maximum Gasteiger partial charge on any atom is 0.416 e. The third-order valence-corrected chi connectivity index (χ3v) is 6.66. The minimum atomic E-state index is -4.63. The fourth-order valence-corrected chi connectivity index (χ4v) is 4.48. The topological polar surface area (TPSA) is 114 Å². The Bertz CT molecular complexity index is 1660. The first-order valence-electron chi connectivity index (χ1n) is 12.4. The van der Waals surface area contributed by atoms with Gasteiger partial charge < -0.3 is 20.3 Å². The SMILES string of the molecule is CNc1ncc2nc(-c3cc(NC(=O)c4cc(N5CCOCC5)cc(C(F)(F)F)c4)ccc3C)c(=O)n(C)c2n1. The van der Waals surface area contributed by atoms with Crippen molar-refractivity contribution < 1.29 is 22.7 Å². The van der Waals surface area contributed by atoms with Crippen LogP contribution in [0.2, 0.25) is 0 Å². The molecule has 13 heteroatoms. The zero-order valence-electron chi connectivity index (χ0n) is 22.0. The molecule has 0 bridgehead atoms. The van der Waals surface area contributed by atoms with Gasteiger partial charge in [0.1, 0.15) is 11.2 Å². The summed E-state index contributed by atoms with van der Waals surface area (Å²) < 4.78 is 47.7. The fraction of sp³-hybridized carbons (Fsp3) is 0.296. The molecule has 1 saturated heterocycles. The molecule has 5 rings (SSSR count). The van der Waals surface area contributed by atoms with Crippen molar-refractivity contribution in [2.75, 3.05) is 48.9 Å². The van der Waals surface area contributed by atoms with Gasteiger partial charge in [-0.15, -0.1) is 0 Å². The number of aromatic nitrogens is 4. The van der Waals surface area contributed by atoms with Crippen molar-refractivity contribution in [1.82, 2.24) is 19.5 Å². The van der Waals surface area contributed by atoms with Gasteiger partial charge in [-0.3, -0.25) is 14.2 Å². The number of nitrogens with one attached hydrogen (secondary N) is 2. The second-order valence-corrected chi connectivity index (χ2v) is 9.33. The summed E-state index contributed by atoms with van der Waals surface area (Å²) in [4.78, 5) is 41.1. The van der Waals surface area contributed by atoms with Crippen LogP contribution in [0.15, 0.2) is 47.4 Å². The highest BCUT2D eigenvalue weighted by molar-refractivity contribution is 6.05. The molecule has 0 unspecified atom stereocenters. The van der Waals surface area contributed by atoms with Gasteiger partial charge in [0.15, 0.2) is 5.65 Å². The maximum atomic E-state index is 13.7. The molecule has 1 aliphatic rings. The van der Waals surface area contributed by atoms with Gasteiger partial charge in [0, 0.05) is 49.7 Å². The molecule has 2 N–H and O–H groups in total. The van der Waals surface area contributed by atoms with Crippen LogP contribution in [-0.4, -0.2) is 58.8 Å². The Morgan fingerprint density at radius 3 is 2.52 bits per heavy atom. The van der Waals surface area contributed by atoms with Gasteiger partial charge >= 0.3 is 6.18 Å². The lowest BCUT2D eigenvalue weighted by Gasteiger charge is -2.29. The molecule has 2 aromatic carbocycles. The molecule has 0 spiro atoms. The number of alkyl halides is 3. The minimum Gasteiger partial charge on any atom is -0.378 e. The molecule has 208 valence electrons. The van der Waals surface area contributed by atoms with E-state index in [0.29, 0.717) is 65.9 Å². The molecule has 0 atom stereocenters. The van der Waals surface area contributed by atoms with E-state index in [9.17, 15) is 22.8 Å². The highest BCUT2D eigenvalue weighted by Crippen LogP contribution is 2.34. The van der Waals surface area contributed by atoms with E-state index >= 15 is 0 Å². The Hall–Kier alpha value is -4.52. The Kier molecular flexibility index (Phi) is 7.15. The first-order valence-corrected chi connectivity index (χ1v) is 12.4. The number of hydrogen-bond acceptors (Lipinski definition) is 8. The van der Waals surface area contributed by atoms with E-state index in [4.69, 9.17) is 4.74 Å². The number of halogens is 3. The lowest BCUT2D eigenvalue weighted by molar-refractivity contribution is -0.137. The lowest BCUT2D eigenvalue weighted by Crippen LogP contribution is -2.36. The molecule has 0 saturated carbocycles. The van der Waals surface area contributed by atoms with E-state index in [1.807, 2.05) is 0 Å². The molecule has 40 heavy (non-hydrogen) atoms. The summed E-state index contributed by atoms with van der Waals surface area (Å²) in [5.41, 5.74) is 1.14. The van der Waals surface area contributed by atoms with Crippen molar-refractivity contribution in [2.24, 2.45) is 7.05 Å². The number of hydrogen-bond donors (Lipinski definition) is 2. The van der Waals surface area contributed by atoms with E-state index in [1.54, 1.807) is 44.1 Å². The second-order valence-electron chi connectivity index (χ2n) is 9.33. The summed E-state index contributed by atoms with van der Waals surface area (Å²) in [6, 6.07) is 8.18. The molecule has 3 heterocycles. The summed E-state index contributed by atoms with van der Waals surface area (Å²) in [6.45, 7) is 3.38. The van der Waals surface area contributed by atoms with Crippen molar-refractivity contribution in [1.29, 1.82) is 0 Å². The summed E-state index contributed by atoms with van der Waals surface area (Å²) in [5.74, 6) is -0.382. The van der Waals surface area contributed by atoms with Gasteiger partial charge in [0.25, 0.3) is 11.5 Å². The summed E-state index contributed by atoms with van der Waals surface area (Å²) in [7, 11) is 3.23. The third-order valence-electron chi connectivity index (χ3n) is 6.66. The van der Waals surface area contributed by atoms with E-state index in [0.717, 1.165) is 12.1 Å². The van der Waals surface area contributed by atoms with Crippen molar-refractivity contribution in [3.63, 3.8) is 0 Å². The molecular weight excluding hydrogens is 527 g/mol. The molecule has 4 aromatic rings. The Labute approximate surface area is 226 Å². The summed E-state index contributed by atoms with van der Waals surface area (Å²) in [6.07, 6.45) is -3.13. The van der Waals surface area contributed by atoms with Crippen molar-refractivity contribution in [3.8, 4) is 11.3 Å². The number of morpholine rings is 1. The van der Waals surface area contributed by atoms with E-state index in [1.165, 1.54) is 16.8 Å². The highest BCUT2D eigenvalue weighted by Gasteiger charge is 2.32. The fourth-order valence-electron chi connectivity index (χ4n) is 4.48. The van der Waals surface area contributed by atoms with Gasteiger partial charge in [0.2, 0.25) is 5.95 Å². The largest absolute Gasteiger partial charge is 0.416 e. The van der Waals surface area contributed by atoms with Gasteiger partial charge in [-0.05, 0) is 42.8 Å². The van der Waals surface area contributed by atoms with Crippen molar-refractivity contribution >= 4 is 34.4 Å². The molecule has 0 radical (unpaired) electrons. The third kappa shape index (κ3) is 5.32. The van der Waals surface area contributed by atoms with Crippen LogP contribution in [0, 0.1) is 6.92 Å². The number of carbonyl (C=O) groups excluding carboxylic acids is 1. The molecule has 2 aromatic heterocycles. The van der Waals surface area contributed by atoms with E-state index in [2.05, 4.69) is 25.6 Å². The minimum absolute atomic E-state index is 0.123. The zero-order valence-corrected chi connectivity index (χ0v) is 22.0. The normalized spacial score (nSPS) is 13.9.